The molecule has 1 fully saturated rings. The molecule has 43 heavy (non-hydrogen) atoms. The topological polar surface area (TPSA) is 64.5 Å². The molecular weight excluding hydrogens is 581 g/mol. The number of anilines is 1. The van der Waals surface area contributed by atoms with Gasteiger partial charge in [0, 0.05) is 24.2 Å². The molecule has 0 bridgehead atoms. The van der Waals surface area contributed by atoms with Gasteiger partial charge in [-0.15, -0.1) is 0 Å². The van der Waals surface area contributed by atoms with E-state index in [1.807, 2.05) is 50.2 Å². The number of aromatic nitrogens is 2. The van der Waals surface area contributed by atoms with E-state index in [0.717, 1.165) is 10.4 Å². The molecule has 0 radical (unpaired) electrons. The van der Waals surface area contributed by atoms with Crippen LogP contribution in [0, 0.1) is 5.82 Å². The minimum absolute atomic E-state index is 0.0856. The number of benzene rings is 3. The molecular formula is C34H37ClFN3O3Si. The smallest absolute Gasteiger partial charge is 0.261 e. The summed E-state index contributed by atoms with van der Waals surface area (Å²) >= 11 is 6.86. The molecule has 0 saturated carbocycles. The number of ketones is 1. The Morgan fingerprint density at radius 1 is 1.00 bits per heavy atom. The largest absolute Gasteiger partial charge is 0.403 e. The van der Waals surface area contributed by atoms with E-state index in [0.29, 0.717) is 24.3 Å². The Bertz CT molecular complexity index is 1520. The zero-order chi connectivity index (χ0) is 30.8. The van der Waals surface area contributed by atoms with Gasteiger partial charge >= 0.3 is 0 Å². The van der Waals surface area contributed by atoms with Crippen molar-refractivity contribution in [1.29, 1.82) is 0 Å². The van der Waals surface area contributed by atoms with Crippen LogP contribution in [0.4, 0.5) is 10.1 Å². The van der Waals surface area contributed by atoms with Gasteiger partial charge in [-0.2, -0.15) is 10.2 Å². The third-order valence-electron chi connectivity index (χ3n) is 7.95. The van der Waals surface area contributed by atoms with Crippen molar-refractivity contribution in [3.8, 4) is 0 Å². The summed E-state index contributed by atoms with van der Waals surface area (Å²) in [6, 6.07) is 23.7. The molecule has 5 rings (SSSR count). The SMILES string of the molecule is C[C@@H]1CN(c2c(CO[Si](c3ccccc3)(c3ccccc3)C(C)(C)C)cc(C(=O)c3ccnnc3)c(F)c2Cl)C[C@H](C)O1. The summed E-state index contributed by atoms with van der Waals surface area (Å²) in [6.45, 7) is 11.8. The minimum Gasteiger partial charge on any atom is -0.403 e. The Morgan fingerprint density at radius 3 is 2.09 bits per heavy atom. The van der Waals surface area contributed by atoms with E-state index in [4.69, 9.17) is 20.8 Å². The first-order valence-corrected chi connectivity index (χ1v) is 16.8. The van der Waals surface area contributed by atoms with E-state index >= 15 is 4.39 Å². The molecule has 0 unspecified atom stereocenters. The van der Waals surface area contributed by atoms with E-state index in [-0.39, 0.29) is 40.0 Å². The van der Waals surface area contributed by atoms with E-state index in [1.165, 1.54) is 18.5 Å². The minimum atomic E-state index is -2.95. The van der Waals surface area contributed by atoms with Crippen LogP contribution in [0.5, 0.6) is 0 Å². The quantitative estimate of drug-likeness (QED) is 0.174. The molecule has 4 aromatic rings. The highest BCUT2D eigenvalue weighted by Crippen LogP contribution is 2.41. The summed E-state index contributed by atoms with van der Waals surface area (Å²) in [6.07, 6.45) is 2.56. The van der Waals surface area contributed by atoms with Gasteiger partial charge in [-0.05, 0) is 41.4 Å². The van der Waals surface area contributed by atoms with Crippen LogP contribution in [0.25, 0.3) is 0 Å². The molecule has 2 atom stereocenters. The monoisotopic (exact) mass is 617 g/mol. The Hall–Kier alpha value is -3.43. The van der Waals surface area contributed by atoms with Gasteiger partial charge in [0.2, 0.25) is 0 Å². The molecule has 2 heterocycles. The van der Waals surface area contributed by atoms with Gasteiger partial charge in [-0.3, -0.25) is 4.79 Å². The lowest BCUT2D eigenvalue weighted by atomic mass is 9.99. The van der Waals surface area contributed by atoms with Crippen LogP contribution in [0.1, 0.15) is 56.1 Å². The fraction of sp³-hybridized carbons (Fsp3) is 0.324. The van der Waals surface area contributed by atoms with Crippen LogP contribution in [0.15, 0.2) is 85.2 Å². The lowest BCUT2D eigenvalue weighted by Crippen LogP contribution is -2.66. The van der Waals surface area contributed by atoms with Crippen LogP contribution >= 0.6 is 11.6 Å². The Kier molecular flexibility index (Phi) is 9.13. The first-order valence-electron chi connectivity index (χ1n) is 14.5. The number of nitrogens with zero attached hydrogens (tertiary/aromatic N) is 3. The number of hydrogen-bond donors (Lipinski definition) is 0. The Morgan fingerprint density at radius 2 is 1.58 bits per heavy atom. The number of morpholine rings is 1. The summed E-state index contributed by atoms with van der Waals surface area (Å²) < 4.78 is 29.3. The summed E-state index contributed by atoms with van der Waals surface area (Å²) in [5, 5.41) is 9.42. The predicted molar refractivity (Wildman–Crippen MR) is 172 cm³/mol. The van der Waals surface area contributed by atoms with E-state index in [2.05, 4.69) is 60.1 Å². The van der Waals surface area contributed by atoms with Crippen molar-refractivity contribution in [2.24, 2.45) is 0 Å². The van der Waals surface area contributed by atoms with Crippen LogP contribution in [-0.4, -0.2) is 49.6 Å². The average molecular weight is 618 g/mol. The van der Waals surface area contributed by atoms with Crippen molar-refractivity contribution in [3.63, 3.8) is 0 Å². The molecule has 0 spiro atoms. The first kappa shape index (κ1) is 31.0. The van der Waals surface area contributed by atoms with Gasteiger partial charge in [0.25, 0.3) is 8.32 Å². The van der Waals surface area contributed by atoms with Crippen LogP contribution < -0.4 is 15.3 Å². The zero-order valence-electron chi connectivity index (χ0n) is 25.2. The summed E-state index contributed by atoms with van der Waals surface area (Å²) in [5.41, 5.74) is 1.27. The lowest BCUT2D eigenvalue weighted by molar-refractivity contribution is -0.00532. The van der Waals surface area contributed by atoms with Crippen molar-refractivity contribution in [2.75, 3.05) is 18.0 Å². The molecule has 1 aromatic heterocycles. The predicted octanol–water partition coefficient (Wildman–Crippen LogP) is 6.19. The molecule has 1 aliphatic heterocycles. The fourth-order valence-electron chi connectivity index (χ4n) is 6.17. The van der Waals surface area contributed by atoms with Crippen LogP contribution in [0.2, 0.25) is 10.1 Å². The Balaban J connectivity index is 1.68. The molecule has 0 aliphatic carbocycles. The highest BCUT2D eigenvalue weighted by Gasteiger charge is 2.50. The van der Waals surface area contributed by atoms with Gasteiger partial charge in [-0.25, -0.2) is 4.39 Å². The molecule has 1 saturated heterocycles. The fourth-order valence-corrected chi connectivity index (χ4v) is 11.0. The van der Waals surface area contributed by atoms with E-state index in [1.54, 1.807) is 6.07 Å². The number of carbonyl (C=O) groups excluding carboxylic acids is 1. The highest BCUT2D eigenvalue weighted by molar-refractivity contribution is 6.99. The van der Waals surface area contributed by atoms with Gasteiger partial charge in [-0.1, -0.05) is 93.0 Å². The molecule has 6 nitrogen and oxygen atoms in total. The molecule has 9 heteroatoms. The van der Waals surface area contributed by atoms with Crippen molar-refractivity contribution >= 4 is 41.8 Å². The number of ether oxygens (including phenoxy) is 1. The maximum absolute atomic E-state index is 16.0. The number of carbonyl (C=O) groups is 1. The third-order valence-corrected chi connectivity index (χ3v) is 13.3. The molecule has 3 aromatic carbocycles. The van der Waals surface area contributed by atoms with Gasteiger partial charge in [0.1, 0.15) is 5.02 Å². The van der Waals surface area contributed by atoms with Crippen LogP contribution in [0.3, 0.4) is 0 Å². The summed E-state index contributed by atoms with van der Waals surface area (Å²) in [7, 11) is -2.95. The number of hydrogen-bond acceptors (Lipinski definition) is 6. The van der Waals surface area contributed by atoms with E-state index < -0.39 is 19.9 Å². The molecule has 1 aliphatic rings. The summed E-state index contributed by atoms with van der Waals surface area (Å²) in [4.78, 5) is 15.6. The van der Waals surface area contributed by atoms with Gasteiger partial charge < -0.3 is 14.1 Å². The first-order chi connectivity index (χ1) is 20.5. The number of rotatable bonds is 8. The van der Waals surface area contributed by atoms with Crippen LogP contribution in [-0.2, 0) is 15.8 Å². The summed E-state index contributed by atoms with van der Waals surface area (Å²) in [5.74, 6) is -1.28. The maximum Gasteiger partial charge on any atom is 0.261 e. The van der Waals surface area contributed by atoms with Crippen molar-refractivity contribution in [2.45, 2.75) is 58.5 Å². The Labute approximate surface area is 259 Å². The third kappa shape index (κ3) is 6.15. The maximum atomic E-state index is 16.0. The second-order valence-electron chi connectivity index (χ2n) is 12.1. The lowest BCUT2D eigenvalue weighted by Gasteiger charge is -2.43. The average Bonchev–Trinajstić information content (AvgIpc) is 2.99. The molecule has 224 valence electrons. The molecule has 0 N–H and O–H groups in total. The normalized spacial score (nSPS) is 17.6. The van der Waals surface area contributed by atoms with Gasteiger partial charge in [0.05, 0.1) is 42.5 Å². The van der Waals surface area contributed by atoms with E-state index in [9.17, 15) is 4.79 Å². The van der Waals surface area contributed by atoms with Gasteiger partial charge in [0.15, 0.2) is 11.6 Å². The molecule has 0 amide bonds. The van der Waals surface area contributed by atoms with Crippen molar-refractivity contribution < 1.29 is 18.3 Å². The zero-order valence-corrected chi connectivity index (χ0v) is 26.9. The standard InChI is InChI=1S/C34H37ClFN3O3Si/c1-23-20-39(21-24(2)42-23)32-26(18-29(31(36)30(32)35)33(40)25-16-17-37-38-19-25)22-41-43(34(3,4)5,27-12-8-6-9-13-27)28-14-10-7-11-15-28/h6-19,23-24H,20-22H2,1-5H3/t23-,24+. The second kappa shape index (κ2) is 12.7. The highest BCUT2D eigenvalue weighted by atomic mass is 35.5. The van der Waals surface area contributed by atoms with Crippen molar-refractivity contribution in [3.05, 3.63) is 113 Å². The second-order valence-corrected chi connectivity index (χ2v) is 16.8. The number of halogens is 2. The van der Waals surface area contributed by atoms with Crippen molar-refractivity contribution in [1.82, 2.24) is 10.2 Å².